The smallest absolute Gasteiger partial charge is 0.354 e. The monoisotopic (exact) mass is 244 g/mol. The molecule has 0 atom stereocenters. The van der Waals surface area contributed by atoms with Crippen LogP contribution in [0, 0.1) is 0 Å². The van der Waals surface area contributed by atoms with E-state index in [2.05, 4.69) is 9.97 Å². The van der Waals surface area contributed by atoms with Crippen LogP contribution < -0.4 is 0 Å². The predicted octanol–water partition coefficient (Wildman–Crippen LogP) is 0.531. The molecule has 0 amide bonds. The minimum Gasteiger partial charge on any atom is -0.477 e. The van der Waals surface area contributed by atoms with E-state index in [-0.39, 0.29) is 5.69 Å². The van der Waals surface area contributed by atoms with Crippen LogP contribution >= 0.6 is 0 Å². The Balaban J connectivity index is 3.35. The summed E-state index contributed by atoms with van der Waals surface area (Å²) in [5, 5.41) is 8.35. The maximum atomic E-state index is 11.2. The molecular weight excluding hydrogens is 232 g/mol. The number of rotatable bonds is 4. The van der Waals surface area contributed by atoms with E-state index in [1.165, 1.54) is 6.07 Å². The van der Waals surface area contributed by atoms with Crippen molar-refractivity contribution in [1.82, 2.24) is 9.97 Å². The van der Waals surface area contributed by atoms with Crippen LogP contribution in [0.25, 0.3) is 0 Å². The predicted molar refractivity (Wildman–Crippen MR) is 56.1 cm³/mol. The fourth-order valence-corrected chi connectivity index (χ4v) is 1.68. The second-order valence-electron chi connectivity index (χ2n) is 3.35. The number of aryl methyl sites for hydroxylation is 1. The van der Waals surface area contributed by atoms with Crippen LogP contribution in [0.2, 0.25) is 0 Å². The number of carboxylic acid groups (broad SMARTS) is 1. The van der Waals surface area contributed by atoms with Gasteiger partial charge in [-0.1, -0.05) is 13.3 Å². The number of sulfone groups is 1. The number of hydrogen-bond acceptors (Lipinski definition) is 5. The molecule has 1 aromatic heterocycles. The molecule has 7 heteroatoms. The maximum absolute atomic E-state index is 11.2. The van der Waals surface area contributed by atoms with E-state index >= 15 is 0 Å². The zero-order valence-electron chi connectivity index (χ0n) is 8.97. The van der Waals surface area contributed by atoms with Crippen LogP contribution in [0.1, 0.15) is 29.5 Å². The summed E-state index contributed by atoms with van der Waals surface area (Å²) in [5.74, 6) is -1.26. The molecule has 88 valence electrons. The topological polar surface area (TPSA) is 97.2 Å². The van der Waals surface area contributed by atoms with Crippen LogP contribution in [0.15, 0.2) is 11.2 Å². The molecule has 0 saturated heterocycles. The van der Waals surface area contributed by atoms with Crippen LogP contribution in [-0.4, -0.2) is 35.7 Å². The Morgan fingerprint density at radius 2 is 2.06 bits per heavy atom. The van der Waals surface area contributed by atoms with E-state index < -0.39 is 21.0 Å². The summed E-state index contributed by atoms with van der Waals surface area (Å²) >= 11 is 0. The van der Waals surface area contributed by atoms with Gasteiger partial charge in [-0.3, -0.25) is 0 Å². The average molecular weight is 244 g/mol. The van der Waals surface area contributed by atoms with E-state index in [4.69, 9.17) is 5.11 Å². The molecule has 1 heterocycles. The van der Waals surface area contributed by atoms with Gasteiger partial charge < -0.3 is 5.11 Å². The van der Waals surface area contributed by atoms with Gasteiger partial charge in [0.2, 0.25) is 15.0 Å². The van der Waals surface area contributed by atoms with Crippen molar-refractivity contribution in [2.24, 2.45) is 0 Å². The first-order valence-corrected chi connectivity index (χ1v) is 6.55. The standard InChI is InChI=1S/C9H12N2O4S/c1-3-4-6-5-7(8(12)13)11-9(10-6)16(2,14)15/h5H,3-4H2,1-2H3,(H,12,13). The number of carbonyl (C=O) groups is 1. The van der Waals surface area contributed by atoms with Crippen molar-refractivity contribution in [2.45, 2.75) is 24.9 Å². The second kappa shape index (κ2) is 4.56. The number of aromatic carboxylic acids is 1. The highest BCUT2D eigenvalue weighted by molar-refractivity contribution is 7.90. The summed E-state index contributed by atoms with van der Waals surface area (Å²) < 4.78 is 22.5. The Bertz CT molecular complexity index is 510. The zero-order chi connectivity index (χ0) is 12.3. The molecule has 0 saturated carbocycles. The molecule has 0 radical (unpaired) electrons. The van der Waals surface area contributed by atoms with Crippen molar-refractivity contribution in [2.75, 3.05) is 6.26 Å². The molecule has 0 aliphatic rings. The molecule has 1 N–H and O–H groups in total. The van der Waals surface area contributed by atoms with Gasteiger partial charge in [0.15, 0.2) is 5.69 Å². The molecule has 0 spiro atoms. The lowest BCUT2D eigenvalue weighted by atomic mass is 10.2. The van der Waals surface area contributed by atoms with Crippen LogP contribution in [-0.2, 0) is 16.3 Å². The average Bonchev–Trinajstić information content (AvgIpc) is 2.16. The Labute approximate surface area is 93.3 Å². The molecule has 0 aliphatic heterocycles. The summed E-state index contributed by atoms with van der Waals surface area (Å²) in [7, 11) is -3.59. The highest BCUT2D eigenvalue weighted by atomic mass is 32.2. The number of nitrogens with zero attached hydrogens (tertiary/aromatic N) is 2. The van der Waals surface area contributed by atoms with Gasteiger partial charge in [0, 0.05) is 11.9 Å². The molecule has 0 aromatic carbocycles. The summed E-state index contributed by atoms with van der Waals surface area (Å²) in [6.07, 6.45) is 2.22. The van der Waals surface area contributed by atoms with E-state index in [9.17, 15) is 13.2 Å². The summed E-state index contributed by atoms with van der Waals surface area (Å²) in [6, 6.07) is 1.29. The SMILES string of the molecule is CCCc1cc(C(=O)O)nc(S(C)(=O)=O)n1. The van der Waals surface area contributed by atoms with Gasteiger partial charge in [0.05, 0.1) is 0 Å². The highest BCUT2D eigenvalue weighted by Gasteiger charge is 2.16. The van der Waals surface area contributed by atoms with Crippen LogP contribution in [0.5, 0.6) is 0 Å². The molecule has 0 aliphatic carbocycles. The van der Waals surface area contributed by atoms with Crippen molar-refractivity contribution in [1.29, 1.82) is 0 Å². The minimum atomic E-state index is -3.59. The molecule has 6 nitrogen and oxygen atoms in total. The fraction of sp³-hybridized carbons (Fsp3) is 0.444. The van der Waals surface area contributed by atoms with Gasteiger partial charge in [-0.05, 0) is 12.5 Å². The van der Waals surface area contributed by atoms with Crippen molar-refractivity contribution >= 4 is 15.8 Å². The van der Waals surface area contributed by atoms with Crippen LogP contribution in [0.3, 0.4) is 0 Å². The maximum Gasteiger partial charge on any atom is 0.354 e. The third-order valence-corrected chi connectivity index (χ3v) is 2.66. The lowest BCUT2D eigenvalue weighted by Gasteiger charge is -2.03. The molecule has 16 heavy (non-hydrogen) atoms. The molecule has 0 fully saturated rings. The fourth-order valence-electron chi connectivity index (χ4n) is 1.13. The Morgan fingerprint density at radius 3 is 2.50 bits per heavy atom. The van der Waals surface area contributed by atoms with Crippen molar-refractivity contribution < 1.29 is 18.3 Å². The highest BCUT2D eigenvalue weighted by Crippen LogP contribution is 2.08. The van der Waals surface area contributed by atoms with Crippen molar-refractivity contribution in [3.8, 4) is 0 Å². The first kappa shape index (κ1) is 12.6. The lowest BCUT2D eigenvalue weighted by Crippen LogP contribution is -2.11. The Kier molecular flexibility index (Phi) is 3.58. The van der Waals surface area contributed by atoms with Gasteiger partial charge in [0.1, 0.15) is 0 Å². The van der Waals surface area contributed by atoms with Gasteiger partial charge in [-0.15, -0.1) is 0 Å². The first-order valence-electron chi connectivity index (χ1n) is 4.66. The number of hydrogen-bond donors (Lipinski definition) is 1. The lowest BCUT2D eigenvalue weighted by molar-refractivity contribution is 0.0689. The second-order valence-corrected chi connectivity index (χ2v) is 5.26. The summed E-state index contributed by atoms with van der Waals surface area (Å²) in [6.45, 7) is 1.89. The zero-order valence-corrected chi connectivity index (χ0v) is 9.78. The third kappa shape index (κ3) is 2.99. The minimum absolute atomic E-state index is 0.293. The van der Waals surface area contributed by atoms with E-state index in [0.717, 1.165) is 12.7 Å². The summed E-state index contributed by atoms with van der Waals surface area (Å²) in [4.78, 5) is 18.1. The van der Waals surface area contributed by atoms with Gasteiger partial charge in [-0.25, -0.2) is 23.2 Å². The largest absolute Gasteiger partial charge is 0.477 e. The van der Waals surface area contributed by atoms with E-state index in [1.54, 1.807) is 0 Å². The molecule has 0 bridgehead atoms. The Hall–Kier alpha value is -1.50. The van der Waals surface area contributed by atoms with Gasteiger partial charge in [0.25, 0.3) is 0 Å². The van der Waals surface area contributed by atoms with Crippen molar-refractivity contribution in [3.63, 3.8) is 0 Å². The molecule has 1 rings (SSSR count). The third-order valence-electron chi connectivity index (χ3n) is 1.82. The van der Waals surface area contributed by atoms with E-state index in [0.29, 0.717) is 12.1 Å². The van der Waals surface area contributed by atoms with Crippen LogP contribution in [0.4, 0.5) is 0 Å². The molecular formula is C9H12N2O4S. The summed E-state index contributed by atoms with van der Waals surface area (Å²) in [5.41, 5.74) is 0.134. The molecule has 0 unspecified atom stereocenters. The van der Waals surface area contributed by atoms with E-state index in [1.807, 2.05) is 6.92 Å². The quantitative estimate of drug-likeness (QED) is 0.776. The Morgan fingerprint density at radius 1 is 1.44 bits per heavy atom. The van der Waals surface area contributed by atoms with Gasteiger partial charge >= 0.3 is 5.97 Å². The number of aromatic nitrogens is 2. The molecule has 1 aromatic rings. The number of carboxylic acids is 1. The normalized spacial score (nSPS) is 11.4. The first-order chi connectivity index (χ1) is 7.34. The van der Waals surface area contributed by atoms with Gasteiger partial charge in [-0.2, -0.15) is 0 Å². The van der Waals surface area contributed by atoms with Crippen molar-refractivity contribution in [3.05, 3.63) is 17.5 Å².